The molecule has 0 aromatic heterocycles. The molecule has 0 radical (unpaired) electrons. The zero-order valence-electron chi connectivity index (χ0n) is 10.6. The van der Waals surface area contributed by atoms with Crippen molar-refractivity contribution < 1.29 is 19.4 Å². The van der Waals surface area contributed by atoms with Crippen LogP contribution in [-0.2, 0) is 16.0 Å². The Morgan fingerprint density at radius 1 is 1.58 bits per heavy atom. The van der Waals surface area contributed by atoms with Gasteiger partial charge in [0.2, 0.25) is 5.91 Å². The standard InChI is InChI=1S/C13H16N2O4/c1-19-7-10(6-16)14-13(18)8-2-3-11-9(4-8)5-12(17)15-11/h2-4,10,16H,5-7H2,1H3,(H,14,18)(H,15,17). The molecule has 0 spiro atoms. The van der Waals surface area contributed by atoms with Crippen LogP contribution in [-0.4, -0.2) is 43.3 Å². The molecule has 0 saturated heterocycles. The fourth-order valence-electron chi connectivity index (χ4n) is 1.98. The molecular weight excluding hydrogens is 248 g/mol. The molecule has 1 aromatic carbocycles. The molecular formula is C13H16N2O4. The summed E-state index contributed by atoms with van der Waals surface area (Å²) in [6, 6.07) is 4.59. The van der Waals surface area contributed by atoms with Crippen LogP contribution in [0.5, 0.6) is 0 Å². The molecule has 2 rings (SSSR count). The van der Waals surface area contributed by atoms with Gasteiger partial charge < -0.3 is 20.5 Å². The number of rotatable bonds is 5. The maximum atomic E-state index is 12.0. The molecule has 1 atom stereocenters. The molecule has 0 fully saturated rings. The van der Waals surface area contributed by atoms with Gasteiger partial charge in [0.05, 0.1) is 25.7 Å². The van der Waals surface area contributed by atoms with Crippen LogP contribution in [0.3, 0.4) is 0 Å². The summed E-state index contributed by atoms with van der Waals surface area (Å²) < 4.78 is 4.89. The third-order valence-corrected chi connectivity index (χ3v) is 2.92. The van der Waals surface area contributed by atoms with E-state index in [2.05, 4.69) is 10.6 Å². The van der Waals surface area contributed by atoms with Gasteiger partial charge in [-0.3, -0.25) is 9.59 Å². The minimum absolute atomic E-state index is 0.0693. The van der Waals surface area contributed by atoms with Gasteiger partial charge in [0.15, 0.2) is 0 Å². The van der Waals surface area contributed by atoms with E-state index in [1.807, 2.05) is 0 Å². The maximum absolute atomic E-state index is 12.0. The number of hydrogen-bond acceptors (Lipinski definition) is 4. The second-order valence-corrected chi connectivity index (χ2v) is 4.41. The Kier molecular flexibility index (Phi) is 4.13. The van der Waals surface area contributed by atoms with Gasteiger partial charge >= 0.3 is 0 Å². The zero-order valence-corrected chi connectivity index (χ0v) is 10.6. The average Bonchev–Trinajstić information content (AvgIpc) is 2.76. The van der Waals surface area contributed by atoms with Gasteiger partial charge in [-0.15, -0.1) is 0 Å². The molecule has 102 valence electrons. The second-order valence-electron chi connectivity index (χ2n) is 4.41. The molecule has 1 aliphatic heterocycles. The average molecular weight is 264 g/mol. The number of aliphatic hydroxyl groups is 1. The molecule has 1 aromatic rings. The summed E-state index contributed by atoms with van der Waals surface area (Å²) in [5.74, 6) is -0.363. The number of anilines is 1. The van der Waals surface area contributed by atoms with Crippen molar-refractivity contribution in [3.05, 3.63) is 29.3 Å². The van der Waals surface area contributed by atoms with Crippen molar-refractivity contribution in [3.8, 4) is 0 Å². The smallest absolute Gasteiger partial charge is 0.251 e. The quantitative estimate of drug-likeness (QED) is 0.694. The first-order chi connectivity index (χ1) is 9.13. The summed E-state index contributed by atoms with van der Waals surface area (Å²) in [6.07, 6.45) is 0.290. The third-order valence-electron chi connectivity index (χ3n) is 2.92. The van der Waals surface area contributed by atoms with Gasteiger partial charge in [-0.05, 0) is 23.8 Å². The number of ether oxygens (including phenoxy) is 1. The molecule has 1 unspecified atom stereocenters. The molecule has 3 N–H and O–H groups in total. The van der Waals surface area contributed by atoms with Gasteiger partial charge in [0, 0.05) is 18.4 Å². The van der Waals surface area contributed by atoms with E-state index in [0.29, 0.717) is 5.56 Å². The Morgan fingerprint density at radius 2 is 2.37 bits per heavy atom. The van der Waals surface area contributed by atoms with Gasteiger partial charge in [0.25, 0.3) is 5.91 Å². The summed E-state index contributed by atoms with van der Waals surface area (Å²) in [4.78, 5) is 23.2. The highest BCUT2D eigenvalue weighted by atomic mass is 16.5. The number of hydrogen-bond donors (Lipinski definition) is 3. The fraction of sp³-hybridized carbons (Fsp3) is 0.385. The minimum atomic E-state index is -0.439. The van der Waals surface area contributed by atoms with Crippen molar-refractivity contribution in [3.63, 3.8) is 0 Å². The Hall–Kier alpha value is -1.92. The zero-order chi connectivity index (χ0) is 13.8. The Morgan fingerprint density at radius 3 is 3.05 bits per heavy atom. The van der Waals surface area contributed by atoms with Gasteiger partial charge in [-0.25, -0.2) is 0 Å². The van der Waals surface area contributed by atoms with Crippen LogP contribution in [0, 0.1) is 0 Å². The Labute approximate surface area is 110 Å². The predicted molar refractivity (Wildman–Crippen MR) is 69.0 cm³/mol. The van der Waals surface area contributed by atoms with Crippen molar-refractivity contribution in [1.29, 1.82) is 0 Å². The molecule has 1 heterocycles. The number of amides is 2. The van der Waals surface area contributed by atoms with E-state index in [1.54, 1.807) is 18.2 Å². The second kappa shape index (κ2) is 5.81. The number of nitrogens with one attached hydrogen (secondary N) is 2. The number of aliphatic hydroxyl groups excluding tert-OH is 1. The minimum Gasteiger partial charge on any atom is -0.394 e. The summed E-state index contributed by atoms with van der Waals surface area (Å²) in [7, 11) is 1.50. The summed E-state index contributed by atoms with van der Waals surface area (Å²) in [5, 5.41) is 14.5. The molecule has 0 aliphatic carbocycles. The summed E-state index contributed by atoms with van der Waals surface area (Å²) >= 11 is 0. The van der Waals surface area contributed by atoms with Gasteiger partial charge in [0.1, 0.15) is 0 Å². The number of carbonyl (C=O) groups excluding carboxylic acids is 2. The van der Waals surface area contributed by atoms with Crippen LogP contribution in [0.15, 0.2) is 18.2 Å². The summed E-state index contributed by atoms with van der Waals surface area (Å²) in [5.41, 5.74) is 2.02. The SMILES string of the molecule is COCC(CO)NC(=O)c1ccc2c(c1)CC(=O)N2. The van der Waals surface area contributed by atoms with Gasteiger partial charge in [-0.1, -0.05) is 0 Å². The predicted octanol–water partition coefficient (Wildman–Crippen LogP) is -0.0817. The molecule has 0 bridgehead atoms. The molecule has 6 nitrogen and oxygen atoms in total. The molecule has 19 heavy (non-hydrogen) atoms. The van der Waals surface area contributed by atoms with Crippen LogP contribution < -0.4 is 10.6 Å². The van der Waals surface area contributed by atoms with Crippen LogP contribution in [0.2, 0.25) is 0 Å². The molecule has 0 saturated carbocycles. The van der Waals surface area contributed by atoms with Crippen LogP contribution >= 0.6 is 0 Å². The van der Waals surface area contributed by atoms with Crippen molar-refractivity contribution >= 4 is 17.5 Å². The lowest BCUT2D eigenvalue weighted by molar-refractivity contribution is -0.115. The van der Waals surface area contributed by atoms with Gasteiger partial charge in [-0.2, -0.15) is 0 Å². The number of carbonyl (C=O) groups is 2. The first-order valence-corrected chi connectivity index (χ1v) is 5.97. The highest BCUT2D eigenvalue weighted by Gasteiger charge is 2.20. The number of fused-ring (bicyclic) bond motifs is 1. The van der Waals surface area contributed by atoms with E-state index in [-0.39, 0.29) is 31.4 Å². The van der Waals surface area contributed by atoms with Crippen molar-refractivity contribution in [1.82, 2.24) is 5.32 Å². The van der Waals surface area contributed by atoms with Crippen LogP contribution in [0.1, 0.15) is 15.9 Å². The Bertz CT molecular complexity index is 501. The number of benzene rings is 1. The van der Waals surface area contributed by atoms with Crippen molar-refractivity contribution in [2.24, 2.45) is 0 Å². The third kappa shape index (κ3) is 3.10. The monoisotopic (exact) mass is 264 g/mol. The highest BCUT2D eigenvalue weighted by molar-refractivity contribution is 6.01. The Balaban J connectivity index is 2.08. The van der Waals surface area contributed by atoms with Crippen LogP contribution in [0.4, 0.5) is 5.69 Å². The van der Waals surface area contributed by atoms with E-state index in [0.717, 1.165) is 11.3 Å². The largest absolute Gasteiger partial charge is 0.394 e. The van der Waals surface area contributed by atoms with Crippen molar-refractivity contribution in [2.75, 3.05) is 25.6 Å². The maximum Gasteiger partial charge on any atom is 0.251 e. The molecule has 6 heteroatoms. The van der Waals surface area contributed by atoms with E-state index >= 15 is 0 Å². The molecule has 2 amide bonds. The van der Waals surface area contributed by atoms with E-state index in [9.17, 15) is 9.59 Å². The lowest BCUT2D eigenvalue weighted by Crippen LogP contribution is -2.40. The lowest BCUT2D eigenvalue weighted by atomic mass is 10.1. The first kappa shape index (κ1) is 13.5. The summed E-state index contributed by atoms with van der Waals surface area (Å²) in [6.45, 7) is 0.0534. The highest BCUT2D eigenvalue weighted by Crippen LogP contribution is 2.23. The van der Waals surface area contributed by atoms with E-state index in [1.165, 1.54) is 7.11 Å². The van der Waals surface area contributed by atoms with E-state index < -0.39 is 6.04 Å². The lowest BCUT2D eigenvalue weighted by Gasteiger charge is -2.15. The first-order valence-electron chi connectivity index (χ1n) is 5.97. The van der Waals surface area contributed by atoms with E-state index in [4.69, 9.17) is 9.84 Å². The molecule has 1 aliphatic rings. The van der Waals surface area contributed by atoms with Crippen molar-refractivity contribution in [2.45, 2.75) is 12.5 Å². The fourth-order valence-corrected chi connectivity index (χ4v) is 1.98. The normalized spacial score (nSPS) is 14.7. The topological polar surface area (TPSA) is 87.7 Å². The number of methoxy groups -OCH3 is 1. The van der Waals surface area contributed by atoms with Crippen LogP contribution in [0.25, 0.3) is 0 Å².